The molecule has 0 spiro atoms. The molecule has 6 rings (SSSR count). The number of amidine groups is 1. The van der Waals surface area contributed by atoms with E-state index in [1.165, 1.54) is 11.8 Å². The van der Waals surface area contributed by atoms with Crippen LogP contribution in [0.1, 0.15) is 30.0 Å². The van der Waals surface area contributed by atoms with Crippen molar-refractivity contribution in [3.05, 3.63) is 102 Å². The van der Waals surface area contributed by atoms with Crippen LogP contribution in [0.4, 0.5) is 5.69 Å². The fraction of sp³-hybridized carbons (Fsp3) is 0.188. The molecular weight excluding hydrogens is 536 g/mol. The molecule has 4 aromatic carbocycles. The molecule has 206 valence electrons. The average Bonchev–Trinajstić information content (AvgIpc) is 3.61. The molecule has 2 aliphatic rings. The molecular formula is C32H28N4O4S. The Morgan fingerprint density at radius 3 is 2.32 bits per heavy atom. The normalized spacial score (nSPS) is 18.3. The molecule has 0 unspecified atom stereocenters. The van der Waals surface area contributed by atoms with E-state index in [4.69, 9.17) is 14.6 Å². The second kappa shape index (κ2) is 11.5. The largest absolute Gasteiger partial charge is 0.497 e. The molecule has 0 fully saturated rings. The number of rotatable bonds is 7. The summed E-state index contributed by atoms with van der Waals surface area (Å²) in [6, 6.07) is 29.3. The van der Waals surface area contributed by atoms with Crippen molar-refractivity contribution in [3.63, 3.8) is 0 Å². The number of methoxy groups -OCH3 is 2. The summed E-state index contributed by atoms with van der Waals surface area (Å²) >= 11 is 1.28. The highest BCUT2D eigenvalue weighted by atomic mass is 32.2. The van der Waals surface area contributed by atoms with Crippen molar-refractivity contribution >= 4 is 50.9 Å². The lowest BCUT2D eigenvalue weighted by Crippen LogP contribution is -2.25. The number of hydrogen-bond donors (Lipinski definition) is 1. The summed E-state index contributed by atoms with van der Waals surface area (Å²) in [6.07, 6.45) is 0.645. The van der Waals surface area contributed by atoms with Gasteiger partial charge in [-0.3, -0.25) is 9.59 Å². The van der Waals surface area contributed by atoms with Gasteiger partial charge < -0.3 is 14.8 Å². The van der Waals surface area contributed by atoms with E-state index in [2.05, 4.69) is 40.6 Å². The number of carbonyl (C=O) groups is 2. The maximum absolute atomic E-state index is 12.9. The van der Waals surface area contributed by atoms with Gasteiger partial charge in [-0.15, -0.1) is 0 Å². The molecule has 0 radical (unpaired) electrons. The van der Waals surface area contributed by atoms with Crippen LogP contribution in [0.2, 0.25) is 0 Å². The third-order valence-corrected chi connectivity index (χ3v) is 8.31. The first-order valence-corrected chi connectivity index (χ1v) is 14.1. The zero-order valence-electron chi connectivity index (χ0n) is 22.6. The number of fused-ring (bicyclic) bond motifs is 1. The van der Waals surface area contributed by atoms with Crippen molar-refractivity contribution in [3.8, 4) is 11.5 Å². The van der Waals surface area contributed by atoms with Crippen LogP contribution in [0.25, 0.3) is 10.8 Å². The number of aliphatic imine (C=N–C) groups is 1. The van der Waals surface area contributed by atoms with Crippen LogP contribution in [0.3, 0.4) is 0 Å². The van der Waals surface area contributed by atoms with Gasteiger partial charge in [-0.1, -0.05) is 60.3 Å². The Morgan fingerprint density at radius 2 is 1.61 bits per heavy atom. The number of ether oxygens (including phenoxy) is 2. The molecule has 0 saturated heterocycles. The van der Waals surface area contributed by atoms with Gasteiger partial charge in [-0.25, -0.2) is 5.01 Å². The van der Waals surface area contributed by atoms with Gasteiger partial charge in [-0.2, -0.15) is 10.1 Å². The minimum absolute atomic E-state index is 0.00478. The number of nitrogens with zero attached hydrogens (tertiary/aromatic N) is 3. The van der Waals surface area contributed by atoms with Gasteiger partial charge >= 0.3 is 0 Å². The summed E-state index contributed by atoms with van der Waals surface area (Å²) in [4.78, 5) is 30.1. The van der Waals surface area contributed by atoms with Gasteiger partial charge in [0.1, 0.15) is 16.7 Å². The first-order chi connectivity index (χ1) is 20.0. The predicted octanol–water partition coefficient (Wildman–Crippen LogP) is 6.03. The van der Waals surface area contributed by atoms with Crippen LogP contribution in [-0.2, 0) is 9.59 Å². The molecule has 2 heterocycles. The monoisotopic (exact) mass is 564 g/mol. The summed E-state index contributed by atoms with van der Waals surface area (Å²) in [5.41, 5.74) is 3.60. The van der Waals surface area contributed by atoms with Crippen molar-refractivity contribution in [1.82, 2.24) is 5.01 Å². The topological polar surface area (TPSA) is 92.6 Å². The highest BCUT2D eigenvalue weighted by molar-refractivity contribution is 8.15. The smallest absolute Gasteiger partial charge is 0.262 e. The Morgan fingerprint density at radius 1 is 0.927 bits per heavy atom. The predicted molar refractivity (Wildman–Crippen MR) is 163 cm³/mol. The number of carbonyl (C=O) groups excluding carboxylic acids is 2. The maximum atomic E-state index is 12.9. The molecule has 9 heteroatoms. The first kappa shape index (κ1) is 26.6. The van der Waals surface area contributed by atoms with Crippen LogP contribution in [0.15, 0.2) is 101 Å². The van der Waals surface area contributed by atoms with Crippen molar-refractivity contribution in [2.45, 2.75) is 24.1 Å². The van der Waals surface area contributed by atoms with Crippen LogP contribution >= 0.6 is 11.8 Å². The number of benzene rings is 4. The van der Waals surface area contributed by atoms with Gasteiger partial charge in [-0.05, 0) is 64.4 Å². The van der Waals surface area contributed by atoms with E-state index in [0.29, 0.717) is 23.0 Å². The van der Waals surface area contributed by atoms with Gasteiger partial charge in [0.05, 0.1) is 26.0 Å². The van der Waals surface area contributed by atoms with Crippen LogP contribution < -0.4 is 14.8 Å². The summed E-state index contributed by atoms with van der Waals surface area (Å²) in [5.74, 6) is 0.867. The number of hydrogen-bond acceptors (Lipinski definition) is 7. The van der Waals surface area contributed by atoms with Gasteiger partial charge in [0.2, 0.25) is 5.91 Å². The highest BCUT2D eigenvalue weighted by Crippen LogP contribution is 2.39. The fourth-order valence-electron chi connectivity index (χ4n) is 4.98. The van der Waals surface area contributed by atoms with E-state index in [1.807, 2.05) is 41.4 Å². The third-order valence-electron chi connectivity index (χ3n) is 7.16. The number of amides is 2. The molecule has 1 N–H and O–H groups in total. The zero-order chi connectivity index (χ0) is 28.3. The molecule has 0 saturated carbocycles. The van der Waals surface area contributed by atoms with E-state index < -0.39 is 5.25 Å². The minimum Gasteiger partial charge on any atom is -0.497 e. The molecule has 2 atom stereocenters. The Balaban J connectivity index is 1.23. The lowest BCUT2D eigenvalue weighted by molar-refractivity contribution is -0.121. The SMILES string of the molecule is COc1ccc(NC(=O)C[C@@H]2SC(N3N=C(c4ccc5ccccc5c4)C[C@@H]3c3ccc(OC)cc3)=NC2=O)cc1. The van der Waals surface area contributed by atoms with Crippen LogP contribution in [-0.4, -0.2) is 47.2 Å². The van der Waals surface area contributed by atoms with Gasteiger partial charge in [0.25, 0.3) is 5.91 Å². The van der Waals surface area contributed by atoms with Crippen LogP contribution in [0.5, 0.6) is 11.5 Å². The number of thioether (sulfide) groups is 1. The Bertz CT molecular complexity index is 1670. The van der Waals surface area contributed by atoms with Crippen molar-refractivity contribution in [2.24, 2.45) is 10.1 Å². The lowest BCUT2D eigenvalue weighted by Gasteiger charge is -2.23. The summed E-state index contributed by atoms with van der Waals surface area (Å²) in [6.45, 7) is 0. The molecule has 0 aliphatic carbocycles. The summed E-state index contributed by atoms with van der Waals surface area (Å²) < 4.78 is 10.5. The summed E-state index contributed by atoms with van der Waals surface area (Å²) in [5, 5.41) is 11.8. The average molecular weight is 565 g/mol. The number of hydrazone groups is 1. The quantitative estimate of drug-likeness (QED) is 0.295. The molecule has 2 aliphatic heterocycles. The van der Waals surface area contributed by atoms with Gasteiger partial charge in [0.15, 0.2) is 5.17 Å². The second-order valence-electron chi connectivity index (χ2n) is 9.77. The standard InChI is InChI=1S/C32H28N4O4S/c1-39-25-13-9-21(10-14-25)28-18-27(23-8-7-20-5-3-4-6-22(20)17-23)35-36(28)32-34-31(38)29(41-32)19-30(37)33-24-11-15-26(40-2)16-12-24/h3-17,28-29H,18-19H2,1-2H3,(H,33,37)/t28-,29+/m1/s1. The minimum atomic E-state index is -0.625. The lowest BCUT2D eigenvalue weighted by atomic mass is 9.97. The summed E-state index contributed by atoms with van der Waals surface area (Å²) in [7, 11) is 3.22. The van der Waals surface area contributed by atoms with E-state index >= 15 is 0 Å². The Hall–Kier alpha value is -4.63. The molecule has 2 amide bonds. The van der Waals surface area contributed by atoms with Crippen molar-refractivity contribution in [1.29, 1.82) is 0 Å². The molecule has 0 bridgehead atoms. The number of anilines is 1. The number of nitrogens with one attached hydrogen (secondary N) is 1. The van der Waals surface area contributed by atoms with E-state index in [9.17, 15) is 9.59 Å². The Labute approximate surface area is 242 Å². The maximum Gasteiger partial charge on any atom is 0.262 e. The first-order valence-electron chi connectivity index (χ1n) is 13.2. The van der Waals surface area contributed by atoms with Gasteiger partial charge in [0, 0.05) is 18.5 Å². The fourth-order valence-corrected chi connectivity index (χ4v) is 6.04. The second-order valence-corrected chi connectivity index (χ2v) is 10.9. The van der Waals surface area contributed by atoms with Crippen molar-refractivity contribution < 1.29 is 19.1 Å². The molecule has 41 heavy (non-hydrogen) atoms. The molecule has 4 aromatic rings. The zero-order valence-corrected chi connectivity index (χ0v) is 23.4. The van der Waals surface area contributed by atoms with Crippen LogP contribution in [0, 0.1) is 0 Å². The van der Waals surface area contributed by atoms with Crippen molar-refractivity contribution in [2.75, 3.05) is 19.5 Å². The Kier molecular flexibility index (Phi) is 7.43. The highest BCUT2D eigenvalue weighted by Gasteiger charge is 2.39. The molecule has 0 aromatic heterocycles. The van der Waals surface area contributed by atoms with E-state index in [1.54, 1.807) is 38.5 Å². The molecule has 8 nitrogen and oxygen atoms in total. The van der Waals surface area contributed by atoms with E-state index in [-0.39, 0.29) is 24.3 Å². The van der Waals surface area contributed by atoms with E-state index in [0.717, 1.165) is 33.4 Å². The third kappa shape index (κ3) is 5.67.